The molecule has 1 saturated carbocycles. The maximum Gasteiger partial charge on any atom is 0.232 e. The van der Waals surface area contributed by atoms with Crippen molar-refractivity contribution in [1.29, 1.82) is 0 Å². The number of nitrogens with zero attached hydrogens (tertiary/aromatic N) is 3. The molecular formula is C17H29N3O. The third kappa shape index (κ3) is 4.47. The Morgan fingerprint density at radius 3 is 2.67 bits per heavy atom. The van der Waals surface area contributed by atoms with Crippen LogP contribution in [-0.4, -0.2) is 40.9 Å². The van der Waals surface area contributed by atoms with E-state index in [-0.39, 0.29) is 0 Å². The first-order chi connectivity index (χ1) is 10.4. The molecule has 1 saturated heterocycles. The van der Waals surface area contributed by atoms with Crippen molar-refractivity contribution >= 4 is 0 Å². The monoisotopic (exact) mass is 291 g/mol. The zero-order valence-corrected chi connectivity index (χ0v) is 13.2. The highest BCUT2D eigenvalue weighted by Gasteiger charge is 2.16. The number of likely N-dealkylation sites (tertiary alicyclic amines) is 1. The Balaban J connectivity index is 1.32. The molecule has 2 aliphatic rings. The average Bonchev–Trinajstić information content (AvgIpc) is 3.19. The lowest BCUT2D eigenvalue weighted by Crippen LogP contribution is -2.20. The van der Waals surface area contributed by atoms with E-state index >= 15 is 0 Å². The van der Waals surface area contributed by atoms with Gasteiger partial charge in [-0.3, -0.25) is 4.68 Å². The van der Waals surface area contributed by atoms with Crippen LogP contribution in [0.25, 0.3) is 0 Å². The third-order valence-electron chi connectivity index (χ3n) is 4.85. The van der Waals surface area contributed by atoms with Gasteiger partial charge in [0.2, 0.25) is 5.88 Å². The van der Waals surface area contributed by atoms with Crippen molar-refractivity contribution in [2.24, 2.45) is 0 Å². The summed E-state index contributed by atoms with van der Waals surface area (Å²) in [5.74, 6) is 0.807. The fourth-order valence-corrected chi connectivity index (χ4v) is 3.57. The number of aromatic nitrogens is 2. The first kappa shape index (κ1) is 14.9. The Bertz CT molecular complexity index is 406. The fraction of sp³-hybridized carbons (Fsp3) is 0.824. The lowest BCUT2D eigenvalue weighted by molar-refractivity contribution is 0.264. The smallest absolute Gasteiger partial charge is 0.232 e. The molecule has 2 fully saturated rings. The van der Waals surface area contributed by atoms with Gasteiger partial charge in [-0.1, -0.05) is 19.3 Å². The Morgan fingerprint density at radius 1 is 1.05 bits per heavy atom. The minimum absolute atomic E-state index is 0.603. The average molecular weight is 291 g/mol. The van der Waals surface area contributed by atoms with Crippen LogP contribution >= 0.6 is 0 Å². The molecule has 0 spiro atoms. The van der Waals surface area contributed by atoms with Gasteiger partial charge in [0.25, 0.3) is 0 Å². The fourth-order valence-electron chi connectivity index (χ4n) is 3.57. The summed E-state index contributed by atoms with van der Waals surface area (Å²) in [6.45, 7) is 4.63. The Kier molecular flexibility index (Phi) is 5.55. The molecule has 0 aromatic carbocycles. The largest absolute Gasteiger partial charge is 0.477 e. The molecule has 0 radical (unpaired) electrons. The van der Waals surface area contributed by atoms with E-state index in [1.165, 1.54) is 71.0 Å². The number of hydrogen-bond donors (Lipinski definition) is 0. The van der Waals surface area contributed by atoms with Crippen molar-refractivity contribution in [1.82, 2.24) is 14.7 Å². The molecule has 0 unspecified atom stereocenters. The van der Waals surface area contributed by atoms with Gasteiger partial charge < -0.3 is 9.64 Å². The molecule has 0 N–H and O–H groups in total. The molecule has 1 aliphatic carbocycles. The van der Waals surface area contributed by atoms with E-state index in [1.807, 2.05) is 6.07 Å². The second-order valence-corrected chi connectivity index (χ2v) is 6.53. The van der Waals surface area contributed by atoms with Gasteiger partial charge in [-0.2, -0.15) is 0 Å². The Morgan fingerprint density at radius 2 is 1.86 bits per heavy atom. The molecule has 1 aromatic heterocycles. The van der Waals surface area contributed by atoms with Crippen LogP contribution in [0, 0.1) is 0 Å². The van der Waals surface area contributed by atoms with Crippen molar-refractivity contribution < 1.29 is 4.74 Å². The van der Waals surface area contributed by atoms with Crippen LogP contribution in [0.5, 0.6) is 5.88 Å². The van der Waals surface area contributed by atoms with Crippen LogP contribution in [0.2, 0.25) is 0 Å². The van der Waals surface area contributed by atoms with Gasteiger partial charge in [0.05, 0.1) is 12.6 Å². The van der Waals surface area contributed by atoms with E-state index < -0.39 is 0 Å². The summed E-state index contributed by atoms with van der Waals surface area (Å²) < 4.78 is 7.92. The lowest BCUT2D eigenvalue weighted by atomic mass is 9.96. The van der Waals surface area contributed by atoms with Gasteiger partial charge in [-0.05, 0) is 58.2 Å². The number of rotatable bonds is 7. The summed E-state index contributed by atoms with van der Waals surface area (Å²) in [5.41, 5.74) is 0. The molecular weight excluding hydrogens is 262 g/mol. The van der Waals surface area contributed by atoms with Crippen molar-refractivity contribution in [2.75, 3.05) is 26.2 Å². The first-order valence-electron chi connectivity index (χ1n) is 8.82. The standard InChI is InChI=1S/C17H29N3O/c1-2-8-16(9-3-1)20-14-10-17(18-20)21-15-7-6-13-19-11-4-5-12-19/h10,14,16H,1-9,11-13,15H2. The molecule has 1 aromatic rings. The van der Waals surface area contributed by atoms with Crippen LogP contribution in [0.1, 0.15) is 63.8 Å². The second-order valence-electron chi connectivity index (χ2n) is 6.53. The van der Waals surface area contributed by atoms with Crippen LogP contribution < -0.4 is 4.74 Å². The number of hydrogen-bond acceptors (Lipinski definition) is 3. The van der Waals surface area contributed by atoms with Crippen LogP contribution in [-0.2, 0) is 0 Å². The number of ether oxygens (including phenoxy) is 1. The highest BCUT2D eigenvalue weighted by atomic mass is 16.5. The van der Waals surface area contributed by atoms with Gasteiger partial charge in [0, 0.05) is 12.3 Å². The molecule has 0 bridgehead atoms. The van der Waals surface area contributed by atoms with Crippen molar-refractivity contribution in [3.05, 3.63) is 12.3 Å². The topological polar surface area (TPSA) is 30.3 Å². The van der Waals surface area contributed by atoms with Crippen LogP contribution in [0.15, 0.2) is 12.3 Å². The van der Waals surface area contributed by atoms with Gasteiger partial charge >= 0.3 is 0 Å². The number of unbranched alkanes of at least 4 members (excludes halogenated alkanes) is 1. The van der Waals surface area contributed by atoms with E-state index in [4.69, 9.17) is 4.74 Å². The first-order valence-corrected chi connectivity index (χ1v) is 8.82. The van der Waals surface area contributed by atoms with Gasteiger partial charge in [-0.25, -0.2) is 0 Å². The summed E-state index contributed by atoms with van der Waals surface area (Å²) in [4.78, 5) is 2.57. The maximum absolute atomic E-state index is 5.79. The normalized spacial score (nSPS) is 21.0. The second kappa shape index (κ2) is 7.83. The van der Waals surface area contributed by atoms with E-state index in [1.54, 1.807) is 0 Å². The van der Waals surface area contributed by atoms with Gasteiger partial charge in [-0.15, -0.1) is 5.10 Å². The Labute approximate surface area is 128 Å². The SMILES string of the molecule is c1cn(C2CCCCC2)nc1OCCCCN1CCCC1. The summed E-state index contributed by atoms with van der Waals surface area (Å²) in [5, 5.41) is 4.59. The van der Waals surface area contributed by atoms with Crippen LogP contribution in [0.3, 0.4) is 0 Å². The molecule has 1 aliphatic heterocycles. The molecule has 21 heavy (non-hydrogen) atoms. The van der Waals surface area contributed by atoms with E-state index in [0.717, 1.165) is 18.9 Å². The molecule has 2 heterocycles. The summed E-state index contributed by atoms with van der Waals surface area (Å²) in [6, 6.07) is 2.63. The highest BCUT2D eigenvalue weighted by molar-refractivity contribution is 5.06. The van der Waals surface area contributed by atoms with Gasteiger partial charge in [0.15, 0.2) is 0 Å². The molecule has 4 heteroatoms. The van der Waals surface area contributed by atoms with Crippen molar-refractivity contribution in [3.63, 3.8) is 0 Å². The summed E-state index contributed by atoms with van der Waals surface area (Å²) in [7, 11) is 0. The molecule has 0 amide bonds. The van der Waals surface area contributed by atoms with Crippen molar-refractivity contribution in [2.45, 2.75) is 63.8 Å². The van der Waals surface area contributed by atoms with E-state index in [0.29, 0.717) is 6.04 Å². The van der Waals surface area contributed by atoms with E-state index in [9.17, 15) is 0 Å². The minimum Gasteiger partial charge on any atom is -0.477 e. The molecule has 3 rings (SSSR count). The quantitative estimate of drug-likeness (QED) is 0.718. The minimum atomic E-state index is 0.603. The summed E-state index contributed by atoms with van der Waals surface area (Å²) >= 11 is 0. The summed E-state index contributed by atoms with van der Waals surface area (Å²) in [6.07, 6.45) is 13.9. The van der Waals surface area contributed by atoms with Crippen LogP contribution in [0.4, 0.5) is 0 Å². The van der Waals surface area contributed by atoms with E-state index in [2.05, 4.69) is 20.9 Å². The third-order valence-corrected chi connectivity index (χ3v) is 4.85. The molecule has 4 nitrogen and oxygen atoms in total. The zero-order valence-electron chi connectivity index (χ0n) is 13.2. The van der Waals surface area contributed by atoms with Crippen molar-refractivity contribution in [3.8, 4) is 5.88 Å². The van der Waals surface area contributed by atoms with Gasteiger partial charge in [0.1, 0.15) is 0 Å². The lowest BCUT2D eigenvalue weighted by Gasteiger charge is -2.21. The predicted molar refractivity (Wildman–Crippen MR) is 84.8 cm³/mol. The molecule has 118 valence electrons. The maximum atomic E-state index is 5.79. The highest BCUT2D eigenvalue weighted by Crippen LogP contribution is 2.28. The Hall–Kier alpha value is -1.03. The molecule has 0 atom stereocenters. The predicted octanol–water partition coefficient (Wildman–Crippen LogP) is 3.64. The zero-order chi connectivity index (χ0) is 14.3.